The van der Waals surface area contributed by atoms with E-state index >= 15 is 0 Å². The molecule has 1 saturated heterocycles. The molecule has 3 aliphatic rings. The van der Waals surface area contributed by atoms with Crippen LogP contribution in [0.1, 0.15) is 10.4 Å². The Morgan fingerprint density at radius 3 is 2.67 bits per heavy atom. The number of rotatable bonds is 0. The Kier molecular flexibility index (Phi) is 1.96. The Labute approximate surface area is 103 Å². The van der Waals surface area contributed by atoms with Crippen molar-refractivity contribution < 1.29 is 23.7 Å². The maximum atomic E-state index is 12.3. The monoisotopic (exact) mass is 249 g/mol. The van der Waals surface area contributed by atoms with E-state index in [0.717, 1.165) is 0 Å². The standard InChI is InChI=1S/C12H11NO5/c14-11-7-5-9-10(16-4-3-15-9)6-8(7)18-12-13(11)1-2-17-12/h5-6,12H,1-4H2. The lowest BCUT2D eigenvalue weighted by molar-refractivity contribution is -0.106. The number of nitrogens with zero attached hydrogens (tertiary/aromatic N) is 1. The molecule has 0 bridgehead atoms. The number of carbonyl (C=O) groups is 1. The second-order valence-corrected chi connectivity index (χ2v) is 4.29. The van der Waals surface area contributed by atoms with Crippen molar-refractivity contribution in [3.8, 4) is 17.2 Å². The van der Waals surface area contributed by atoms with E-state index < -0.39 is 6.41 Å². The van der Waals surface area contributed by atoms with Crippen molar-refractivity contribution in [2.75, 3.05) is 26.4 Å². The average molecular weight is 249 g/mol. The third kappa shape index (κ3) is 1.29. The summed E-state index contributed by atoms with van der Waals surface area (Å²) in [5.74, 6) is 1.61. The highest BCUT2D eigenvalue weighted by atomic mass is 16.7. The summed E-state index contributed by atoms with van der Waals surface area (Å²) in [5.41, 5.74) is 0.501. The van der Waals surface area contributed by atoms with Crippen molar-refractivity contribution in [1.82, 2.24) is 4.90 Å². The highest BCUT2D eigenvalue weighted by Crippen LogP contribution is 2.40. The molecule has 6 heteroatoms. The number of hydrogen-bond acceptors (Lipinski definition) is 5. The second-order valence-electron chi connectivity index (χ2n) is 4.29. The van der Waals surface area contributed by atoms with E-state index in [4.69, 9.17) is 18.9 Å². The van der Waals surface area contributed by atoms with Crippen molar-refractivity contribution in [2.24, 2.45) is 0 Å². The summed E-state index contributed by atoms with van der Waals surface area (Å²) in [6, 6.07) is 3.38. The lowest BCUT2D eigenvalue weighted by Gasteiger charge is -2.31. The molecule has 0 spiro atoms. The molecular weight excluding hydrogens is 238 g/mol. The third-order valence-electron chi connectivity index (χ3n) is 3.21. The van der Waals surface area contributed by atoms with Crippen LogP contribution in [0.3, 0.4) is 0 Å². The van der Waals surface area contributed by atoms with Crippen LogP contribution in [0.25, 0.3) is 0 Å². The summed E-state index contributed by atoms with van der Waals surface area (Å²) >= 11 is 0. The summed E-state index contributed by atoms with van der Waals surface area (Å²) in [5, 5.41) is 0. The van der Waals surface area contributed by atoms with Gasteiger partial charge in [0.2, 0.25) is 0 Å². The molecule has 1 aromatic rings. The molecule has 0 saturated carbocycles. The first kappa shape index (κ1) is 10.0. The van der Waals surface area contributed by atoms with E-state index in [0.29, 0.717) is 49.2 Å². The minimum atomic E-state index is -0.604. The van der Waals surface area contributed by atoms with Gasteiger partial charge in [-0.1, -0.05) is 0 Å². The molecule has 4 rings (SSSR count). The van der Waals surface area contributed by atoms with Crippen LogP contribution in [-0.2, 0) is 4.74 Å². The molecule has 3 aliphatic heterocycles. The van der Waals surface area contributed by atoms with Crippen LogP contribution in [-0.4, -0.2) is 43.6 Å². The van der Waals surface area contributed by atoms with Gasteiger partial charge in [-0.05, 0) is 0 Å². The first-order valence-corrected chi connectivity index (χ1v) is 5.86. The molecule has 1 unspecified atom stereocenters. The van der Waals surface area contributed by atoms with Gasteiger partial charge in [-0.15, -0.1) is 0 Å². The topological polar surface area (TPSA) is 57.2 Å². The van der Waals surface area contributed by atoms with Gasteiger partial charge in [0.25, 0.3) is 12.3 Å². The molecule has 3 heterocycles. The van der Waals surface area contributed by atoms with Crippen LogP contribution < -0.4 is 14.2 Å². The Morgan fingerprint density at radius 2 is 1.83 bits per heavy atom. The lowest BCUT2D eigenvalue weighted by atomic mass is 10.1. The van der Waals surface area contributed by atoms with Crippen molar-refractivity contribution in [3.63, 3.8) is 0 Å². The van der Waals surface area contributed by atoms with Gasteiger partial charge >= 0.3 is 0 Å². The van der Waals surface area contributed by atoms with Gasteiger partial charge in [0.15, 0.2) is 11.5 Å². The summed E-state index contributed by atoms with van der Waals surface area (Å²) in [6.45, 7) is 2.05. The molecule has 6 nitrogen and oxygen atoms in total. The summed E-state index contributed by atoms with van der Waals surface area (Å²) < 4.78 is 21.9. The number of carbonyl (C=O) groups excluding carboxylic acids is 1. The summed E-state index contributed by atoms with van der Waals surface area (Å²) in [7, 11) is 0. The fourth-order valence-corrected chi connectivity index (χ4v) is 2.34. The predicted molar refractivity (Wildman–Crippen MR) is 58.8 cm³/mol. The molecule has 0 N–H and O–H groups in total. The molecule has 0 aromatic heterocycles. The quantitative estimate of drug-likeness (QED) is 0.674. The van der Waals surface area contributed by atoms with Crippen LogP contribution >= 0.6 is 0 Å². The Hall–Kier alpha value is -1.95. The minimum absolute atomic E-state index is 0.0873. The average Bonchev–Trinajstić information content (AvgIpc) is 2.86. The van der Waals surface area contributed by atoms with Crippen molar-refractivity contribution in [1.29, 1.82) is 0 Å². The zero-order valence-electron chi connectivity index (χ0n) is 9.55. The molecule has 1 fully saturated rings. The first-order chi connectivity index (χ1) is 8.83. The fraction of sp³-hybridized carbons (Fsp3) is 0.417. The van der Waals surface area contributed by atoms with Crippen LogP contribution in [0, 0.1) is 0 Å². The molecule has 0 aliphatic carbocycles. The van der Waals surface area contributed by atoms with E-state index in [1.54, 1.807) is 17.0 Å². The Balaban J connectivity index is 1.81. The molecule has 94 valence electrons. The van der Waals surface area contributed by atoms with Gasteiger partial charge in [0.05, 0.1) is 18.7 Å². The van der Waals surface area contributed by atoms with E-state index in [9.17, 15) is 4.79 Å². The van der Waals surface area contributed by atoms with Crippen LogP contribution in [0.15, 0.2) is 12.1 Å². The number of fused-ring (bicyclic) bond motifs is 3. The summed E-state index contributed by atoms with van der Waals surface area (Å²) in [4.78, 5) is 13.8. The second kappa shape index (κ2) is 3.52. The SMILES string of the molecule is O=C1c2cc3c(cc2OC2OCCN12)OCCO3. The lowest BCUT2D eigenvalue weighted by Crippen LogP contribution is -2.43. The smallest absolute Gasteiger partial charge is 0.286 e. The zero-order valence-corrected chi connectivity index (χ0v) is 9.55. The normalized spacial score (nSPS) is 24.3. The Morgan fingerprint density at radius 1 is 1.06 bits per heavy atom. The highest BCUT2D eigenvalue weighted by Gasteiger charge is 2.39. The molecule has 0 radical (unpaired) electrons. The number of ether oxygens (including phenoxy) is 4. The van der Waals surface area contributed by atoms with Crippen LogP contribution in [0.4, 0.5) is 0 Å². The van der Waals surface area contributed by atoms with Gasteiger partial charge in [-0.3, -0.25) is 9.69 Å². The van der Waals surface area contributed by atoms with Crippen LogP contribution in [0.2, 0.25) is 0 Å². The number of hydrogen-bond donors (Lipinski definition) is 0. The molecule has 1 amide bonds. The fourth-order valence-electron chi connectivity index (χ4n) is 2.34. The van der Waals surface area contributed by atoms with Gasteiger partial charge < -0.3 is 18.9 Å². The predicted octanol–water partition coefficient (Wildman–Crippen LogP) is 0.606. The van der Waals surface area contributed by atoms with Crippen molar-refractivity contribution >= 4 is 5.91 Å². The van der Waals surface area contributed by atoms with Gasteiger partial charge in [-0.2, -0.15) is 0 Å². The van der Waals surface area contributed by atoms with E-state index in [-0.39, 0.29) is 5.91 Å². The van der Waals surface area contributed by atoms with Crippen LogP contribution in [0.5, 0.6) is 17.2 Å². The Bertz CT molecular complexity index is 529. The highest BCUT2D eigenvalue weighted by molar-refractivity contribution is 5.98. The molecule has 1 aromatic carbocycles. The third-order valence-corrected chi connectivity index (χ3v) is 3.21. The molecular formula is C12H11NO5. The number of amides is 1. The first-order valence-electron chi connectivity index (χ1n) is 5.86. The van der Waals surface area contributed by atoms with E-state index in [2.05, 4.69) is 0 Å². The van der Waals surface area contributed by atoms with Gasteiger partial charge in [-0.25, -0.2) is 0 Å². The van der Waals surface area contributed by atoms with Gasteiger partial charge in [0, 0.05) is 12.1 Å². The number of benzene rings is 1. The zero-order chi connectivity index (χ0) is 12.1. The minimum Gasteiger partial charge on any atom is -0.486 e. The van der Waals surface area contributed by atoms with E-state index in [1.165, 1.54) is 0 Å². The van der Waals surface area contributed by atoms with E-state index in [1.807, 2.05) is 0 Å². The largest absolute Gasteiger partial charge is 0.486 e. The maximum absolute atomic E-state index is 12.3. The molecule has 1 atom stereocenters. The maximum Gasteiger partial charge on any atom is 0.286 e. The van der Waals surface area contributed by atoms with Crippen molar-refractivity contribution in [3.05, 3.63) is 17.7 Å². The van der Waals surface area contributed by atoms with Crippen molar-refractivity contribution in [2.45, 2.75) is 6.41 Å². The van der Waals surface area contributed by atoms with Gasteiger partial charge in [0.1, 0.15) is 19.0 Å². The molecule has 18 heavy (non-hydrogen) atoms. The summed E-state index contributed by atoms with van der Waals surface area (Å²) in [6.07, 6.45) is -0.604.